The van der Waals surface area contributed by atoms with E-state index in [1.54, 1.807) is 0 Å². The predicted molar refractivity (Wildman–Crippen MR) is 72.1 cm³/mol. The molecule has 1 aliphatic rings. The number of imidazole rings is 1. The Morgan fingerprint density at radius 2 is 2.18 bits per heavy atom. The van der Waals surface area contributed by atoms with E-state index in [1.165, 1.54) is 44.3 Å². The van der Waals surface area contributed by atoms with Crippen molar-refractivity contribution in [1.29, 1.82) is 0 Å². The average molecular weight is 235 g/mol. The maximum Gasteiger partial charge on any atom is 0.127 e. The van der Waals surface area contributed by atoms with Gasteiger partial charge in [0.15, 0.2) is 0 Å². The molecule has 1 aromatic rings. The molecule has 0 fully saturated rings. The Morgan fingerprint density at radius 3 is 2.88 bits per heavy atom. The molecular formula is C14H25N3. The van der Waals surface area contributed by atoms with Crippen LogP contribution >= 0.6 is 0 Å². The molecule has 0 aliphatic carbocycles. The van der Waals surface area contributed by atoms with Crippen LogP contribution in [0.1, 0.15) is 69.9 Å². The van der Waals surface area contributed by atoms with Gasteiger partial charge in [-0.2, -0.15) is 0 Å². The normalized spacial score (nSPS) is 19.3. The third-order valence-electron chi connectivity index (χ3n) is 3.83. The molecule has 2 rings (SSSR count). The van der Waals surface area contributed by atoms with E-state index in [9.17, 15) is 0 Å². The van der Waals surface area contributed by atoms with Crippen LogP contribution in [0.25, 0.3) is 0 Å². The first-order valence-corrected chi connectivity index (χ1v) is 7.09. The molecule has 0 aromatic carbocycles. The van der Waals surface area contributed by atoms with Crippen LogP contribution < -0.4 is 5.73 Å². The van der Waals surface area contributed by atoms with Gasteiger partial charge in [-0.3, -0.25) is 0 Å². The number of fused-ring (bicyclic) bond motifs is 1. The van der Waals surface area contributed by atoms with E-state index < -0.39 is 0 Å². The summed E-state index contributed by atoms with van der Waals surface area (Å²) in [6.45, 7) is 4.49. The zero-order valence-electron chi connectivity index (χ0n) is 11.2. The summed E-state index contributed by atoms with van der Waals surface area (Å²) >= 11 is 0. The van der Waals surface area contributed by atoms with Crippen LogP contribution in [0, 0.1) is 0 Å². The summed E-state index contributed by atoms with van der Waals surface area (Å²) < 4.78 is 2.26. The molecule has 0 amide bonds. The summed E-state index contributed by atoms with van der Waals surface area (Å²) in [5.74, 6) is 2.15. The van der Waals surface area contributed by atoms with E-state index >= 15 is 0 Å². The fraction of sp³-hybridized carbons (Fsp3) is 0.786. The monoisotopic (exact) mass is 235 g/mol. The highest BCUT2D eigenvalue weighted by atomic mass is 15.2. The molecule has 1 atom stereocenters. The molecule has 3 nitrogen and oxygen atoms in total. The van der Waals surface area contributed by atoms with Gasteiger partial charge < -0.3 is 10.3 Å². The minimum Gasteiger partial charge on any atom is -0.384 e. The van der Waals surface area contributed by atoms with E-state index in [4.69, 9.17) is 10.7 Å². The highest BCUT2D eigenvalue weighted by Crippen LogP contribution is 2.29. The quantitative estimate of drug-likeness (QED) is 0.794. The highest BCUT2D eigenvalue weighted by Gasteiger charge is 2.21. The maximum absolute atomic E-state index is 6.23. The van der Waals surface area contributed by atoms with Gasteiger partial charge >= 0.3 is 0 Å². The van der Waals surface area contributed by atoms with Crippen molar-refractivity contribution < 1.29 is 0 Å². The predicted octanol–water partition coefficient (Wildman–Crippen LogP) is 3.49. The molecule has 0 spiro atoms. The Kier molecular flexibility index (Phi) is 4.08. The molecule has 0 saturated heterocycles. The zero-order chi connectivity index (χ0) is 12.3. The van der Waals surface area contributed by atoms with Crippen molar-refractivity contribution in [2.75, 3.05) is 5.73 Å². The molecule has 0 bridgehead atoms. The molecule has 17 heavy (non-hydrogen) atoms. The lowest BCUT2D eigenvalue weighted by Gasteiger charge is -2.22. The third-order valence-corrected chi connectivity index (χ3v) is 3.83. The van der Waals surface area contributed by atoms with Crippen LogP contribution in [-0.2, 0) is 12.8 Å². The van der Waals surface area contributed by atoms with Crippen molar-refractivity contribution in [3.63, 3.8) is 0 Å². The molecule has 3 heteroatoms. The number of aryl methyl sites for hydroxylation is 2. The van der Waals surface area contributed by atoms with Crippen LogP contribution in [0.5, 0.6) is 0 Å². The first-order chi connectivity index (χ1) is 8.24. The number of nitrogen functional groups attached to an aromatic ring is 1. The van der Waals surface area contributed by atoms with Gasteiger partial charge in [-0.05, 0) is 32.6 Å². The molecule has 2 N–H and O–H groups in total. The van der Waals surface area contributed by atoms with Gasteiger partial charge in [0.05, 0.1) is 5.69 Å². The number of hydrogen-bond acceptors (Lipinski definition) is 2. The van der Waals surface area contributed by atoms with Gasteiger partial charge in [-0.25, -0.2) is 4.98 Å². The van der Waals surface area contributed by atoms with Gasteiger partial charge in [0, 0.05) is 12.5 Å². The zero-order valence-corrected chi connectivity index (χ0v) is 11.2. The molecule has 96 valence electrons. The van der Waals surface area contributed by atoms with E-state index in [2.05, 4.69) is 18.4 Å². The molecule has 1 aliphatic heterocycles. The summed E-state index contributed by atoms with van der Waals surface area (Å²) in [7, 11) is 0. The SMILES string of the molecule is CCCCCCc1nc2n(c1N)C(C)CCC2. The Hall–Kier alpha value is -0.990. The molecule has 2 heterocycles. The van der Waals surface area contributed by atoms with Crippen molar-refractivity contribution in [3.8, 4) is 0 Å². The number of nitrogens with zero attached hydrogens (tertiary/aromatic N) is 2. The van der Waals surface area contributed by atoms with Crippen molar-refractivity contribution >= 4 is 5.82 Å². The Morgan fingerprint density at radius 1 is 1.35 bits per heavy atom. The molecule has 0 saturated carbocycles. The van der Waals surface area contributed by atoms with Crippen molar-refractivity contribution in [3.05, 3.63) is 11.5 Å². The third kappa shape index (κ3) is 2.64. The summed E-state index contributed by atoms with van der Waals surface area (Å²) in [5.41, 5.74) is 7.37. The van der Waals surface area contributed by atoms with E-state index in [0.29, 0.717) is 6.04 Å². The summed E-state index contributed by atoms with van der Waals surface area (Å²) in [5, 5.41) is 0. The van der Waals surface area contributed by atoms with Gasteiger partial charge in [0.25, 0.3) is 0 Å². The molecule has 1 unspecified atom stereocenters. The first-order valence-electron chi connectivity index (χ1n) is 7.09. The maximum atomic E-state index is 6.23. The van der Waals surface area contributed by atoms with Gasteiger partial charge in [0.2, 0.25) is 0 Å². The number of rotatable bonds is 5. The fourth-order valence-corrected chi connectivity index (χ4v) is 2.80. The van der Waals surface area contributed by atoms with Crippen molar-refractivity contribution in [2.24, 2.45) is 0 Å². The largest absolute Gasteiger partial charge is 0.384 e. The second-order valence-corrected chi connectivity index (χ2v) is 5.28. The minimum absolute atomic E-state index is 0.538. The van der Waals surface area contributed by atoms with E-state index in [0.717, 1.165) is 24.4 Å². The lowest BCUT2D eigenvalue weighted by Crippen LogP contribution is -2.17. The topological polar surface area (TPSA) is 43.8 Å². The molecule has 1 aromatic heterocycles. The van der Waals surface area contributed by atoms with Gasteiger partial charge in [0.1, 0.15) is 11.6 Å². The van der Waals surface area contributed by atoms with Crippen LogP contribution in [0.2, 0.25) is 0 Å². The number of hydrogen-bond donors (Lipinski definition) is 1. The van der Waals surface area contributed by atoms with Crippen molar-refractivity contribution in [2.45, 2.75) is 71.3 Å². The van der Waals surface area contributed by atoms with E-state index in [1.807, 2.05) is 0 Å². The average Bonchev–Trinajstić information content (AvgIpc) is 2.63. The molecular weight excluding hydrogens is 210 g/mol. The Bertz CT molecular complexity index is 368. The fourth-order valence-electron chi connectivity index (χ4n) is 2.80. The van der Waals surface area contributed by atoms with Crippen LogP contribution in [0.3, 0.4) is 0 Å². The van der Waals surface area contributed by atoms with Crippen LogP contribution in [0.4, 0.5) is 5.82 Å². The van der Waals surface area contributed by atoms with Crippen LogP contribution in [0.15, 0.2) is 0 Å². The Labute approximate surface area is 104 Å². The molecule has 0 radical (unpaired) electrons. The highest BCUT2D eigenvalue weighted by molar-refractivity contribution is 5.39. The van der Waals surface area contributed by atoms with Gasteiger partial charge in [-0.1, -0.05) is 26.2 Å². The number of aromatic nitrogens is 2. The lowest BCUT2D eigenvalue weighted by atomic mass is 10.1. The summed E-state index contributed by atoms with van der Waals surface area (Å²) in [6.07, 6.45) is 9.78. The van der Waals surface area contributed by atoms with Crippen LogP contribution in [-0.4, -0.2) is 9.55 Å². The summed E-state index contributed by atoms with van der Waals surface area (Å²) in [6, 6.07) is 0.538. The Balaban J connectivity index is 2.03. The van der Waals surface area contributed by atoms with Crippen molar-refractivity contribution in [1.82, 2.24) is 9.55 Å². The lowest BCUT2D eigenvalue weighted by molar-refractivity contribution is 0.430. The smallest absolute Gasteiger partial charge is 0.127 e. The minimum atomic E-state index is 0.538. The number of unbranched alkanes of at least 4 members (excludes halogenated alkanes) is 3. The van der Waals surface area contributed by atoms with Gasteiger partial charge in [-0.15, -0.1) is 0 Å². The standard InChI is InChI=1S/C14H25N3/c1-3-4-5-6-9-12-14(15)17-11(2)8-7-10-13(17)16-12/h11H,3-10,15H2,1-2H3. The second kappa shape index (κ2) is 5.56. The summed E-state index contributed by atoms with van der Waals surface area (Å²) in [4.78, 5) is 4.74. The second-order valence-electron chi connectivity index (χ2n) is 5.28. The first kappa shape index (κ1) is 12.5. The number of anilines is 1. The number of nitrogens with two attached hydrogens (primary N) is 1. The van der Waals surface area contributed by atoms with E-state index in [-0.39, 0.29) is 0 Å².